The molecule has 0 radical (unpaired) electrons. The number of rotatable bonds is 4. The monoisotopic (exact) mass is 313 g/mol. The van der Waals surface area contributed by atoms with Crippen LogP contribution in [0, 0.1) is 6.92 Å². The lowest BCUT2D eigenvalue weighted by molar-refractivity contribution is -0.111. The van der Waals surface area contributed by atoms with Crippen molar-refractivity contribution in [1.29, 1.82) is 0 Å². The van der Waals surface area contributed by atoms with E-state index in [0.717, 1.165) is 22.4 Å². The van der Waals surface area contributed by atoms with Crippen molar-refractivity contribution in [1.82, 2.24) is 0 Å². The van der Waals surface area contributed by atoms with E-state index < -0.39 is 0 Å². The van der Waals surface area contributed by atoms with Crippen LogP contribution in [0.15, 0.2) is 84.9 Å². The van der Waals surface area contributed by atoms with Gasteiger partial charge < -0.3 is 5.32 Å². The third-order valence-corrected chi connectivity index (χ3v) is 3.77. The normalized spacial score (nSPS) is 10.7. The van der Waals surface area contributed by atoms with Gasteiger partial charge in [-0.05, 0) is 30.2 Å². The minimum absolute atomic E-state index is 0.140. The van der Waals surface area contributed by atoms with E-state index in [1.807, 2.05) is 91.9 Å². The van der Waals surface area contributed by atoms with E-state index in [0.29, 0.717) is 0 Å². The van der Waals surface area contributed by atoms with Crippen molar-refractivity contribution in [2.45, 2.75) is 6.92 Å². The first-order chi connectivity index (χ1) is 11.7. The van der Waals surface area contributed by atoms with Crippen molar-refractivity contribution in [3.8, 4) is 11.1 Å². The summed E-state index contributed by atoms with van der Waals surface area (Å²) in [7, 11) is 0. The standard InChI is InChI=1S/C22H19NO/c1-17-11-13-18(14-12-17)15-16-22(24)23-21-10-6-5-9-20(21)19-7-3-2-4-8-19/h2-16H,1H3,(H,23,24)/b16-15+. The van der Waals surface area contributed by atoms with Crippen molar-refractivity contribution >= 4 is 17.7 Å². The van der Waals surface area contributed by atoms with Gasteiger partial charge in [0.15, 0.2) is 0 Å². The van der Waals surface area contributed by atoms with Gasteiger partial charge in [-0.25, -0.2) is 0 Å². The second-order valence-electron chi connectivity index (χ2n) is 5.64. The topological polar surface area (TPSA) is 29.1 Å². The van der Waals surface area contributed by atoms with Gasteiger partial charge in [-0.2, -0.15) is 0 Å². The van der Waals surface area contributed by atoms with E-state index in [-0.39, 0.29) is 5.91 Å². The quantitative estimate of drug-likeness (QED) is 0.649. The van der Waals surface area contributed by atoms with Crippen molar-refractivity contribution < 1.29 is 4.79 Å². The first kappa shape index (κ1) is 15.8. The molecule has 0 unspecified atom stereocenters. The summed E-state index contributed by atoms with van der Waals surface area (Å²) in [6.45, 7) is 2.04. The highest BCUT2D eigenvalue weighted by atomic mass is 16.1. The number of hydrogen-bond acceptors (Lipinski definition) is 1. The second kappa shape index (κ2) is 7.42. The molecule has 0 aliphatic rings. The lowest BCUT2D eigenvalue weighted by Crippen LogP contribution is -2.08. The van der Waals surface area contributed by atoms with Crippen LogP contribution in [0.5, 0.6) is 0 Å². The van der Waals surface area contributed by atoms with E-state index in [9.17, 15) is 4.79 Å². The minimum Gasteiger partial charge on any atom is -0.322 e. The maximum absolute atomic E-state index is 12.2. The predicted octanol–water partition coefficient (Wildman–Crippen LogP) is 5.31. The van der Waals surface area contributed by atoms with Crippen molar-refractivity contribution in [3.05, 3.63) is 96.1 Å². The van der Waals surface area contributed by atoms with Crippen LogP contribution in [0.1, 0.15) is 11.1 Å². The van der Waals surface area contributed by atoms with Gasteiger partial charge in [-0.3, -0.25) is 4.79 Å². The first-order valence-corrected chi connectivity index (χ1v) is 7.92. The van der Waals surface area contributed by atoms with E-state index in [4.69, 9.17) is 0 Å². The molecule has 3 aromatic rings. The maximum Gasteiger partial charge on any atom is 0.248 e. The molecule has 1 N–H and O–H groups in total. The van der Waals surface area contributed by atoms with Gasteiger partial charge >= 0.3 is 0 Å². The fourth-order valence-electron chi connectivity index (χ4n) is 2.49. The van der Waals surface area contributed by atoms with Crippen LogP contribution >= 0.6 is 0 Å². The molecule has 0 bridgehead atoms. The fraction of sp³-hybridized carbons (Fsp3) is 0.0455. The van der Waals surface area contributed by atoms with Crippen molar-refractivity contribution in [2.24, 2.45) is 0 Å². The molecule has 3 aromatic carbocycles. The number of amides is 1. The highest BCUT2D eigenvalue weighted by molar-refractivity contribution is 6.04. The number of carbonyl (C=O) groups excluding carboxylic acids is 1. The fourth-order valence-corrected chi connectivity index (χ4v) is 2.49. The Balaban J connectivity index is 1.76. The third-order valence-electron chi connectivity index (χ3n) is 3.77. The molecule has 0 aliphatic heterocycles. The minimum atomic E-state index is -0.140. The van der Waals surface area contributed by atoms with Crippen LogP contribution in [0.4, 0.5) is 5.69 Å². The Bertz CT molecular complexity index is 849. The summed E-state index contributed by atoms with van der Waals surface area (Å²) in [5.41, 5.74) is 5.11. The Morgan fingerprint density at radius 2 is 1.50 bits per heavy atom. The molecule has 0 saturated heterocycles. The van der Waals surface area contributed by atoms with Crippen LogP contribution < -0.4 is 5.32 Å². The van der Waals surface area contributed by atoms with Crippen molar-refractivity contribution in [2.75, 3.05) is 5.32 Å². The van der Waals surface area contributed by atoms with Gasteiger partial charge in [0.05, 0.1) is 0 Å². The van der Waals surface area contributed by atoms with Crippen LogP contribution in [-0.4, -0.2) is 5.91 Å². The molecule has 0 aliphatic carbocycles. The lowest BCUT2D eigenvalue weighted by Gasteiger charge is -2.10. The van der Waals surface area contributed by atoms with E-state index >= 15 is 0 Å². The van der Waals surface area contributed by atoms with Crippen LogP contribution in [0.2, 0.25) is 0 Å². The van der Waals surface area contributed by atoms with Crippen molar-refractivity contribution in [3.63, 3.8) is 0 Å². The molecular formula is C22H19NO. The highest BCUT2D eigenvalue weighted by Gasteiger charge is 2.06. The van der Waals surface area contributed by atoms with Gasteiger partial charge in [0, 0.05) is 17.3 Å². The number of anilines is 1. The van der Waals surface area contributed by atoms with Gasteiger partial charge in [-0.15, -0.1) is 0 Å². The molecule has 0 saturated carbocycles. The van der Waals surface area contributed by atoms with Gasteiger partial charge in [0.2, 0.25) is 5.91 Å². The maximum atomic E-state index is 12.2. The molecule has 2 nitrogen and oxygen atoms in total. The largest absolute Gasteiger partial charge is 0.322 e. The number of nitrogens with one attached hydrogen (secondary N) is 1. The predicted molar refractivity (Wildman–Crippen MR) is 101 cm³/mol. The molecule has 0 heterocycles. The average molecular weight is 313 g/mol. The van der Waals surface area contributed by atoms with Gasteiger partial charge in [0.25, 0.3) is 0 Å². The molecular weight excluding hydrogens is 294 g/mol. The highest BCUT2D eigenvalue weighted by Crippen LogP contribution is 2.27. The van der Waals surface area contributed by atoms with Crippen LogP contribution in [0.25, 0.3) is 17.2 Å². The zero-order chi connectivity index (χ0) is 16.8. The Morgan fingerprint density at radius 1 is 0.833 bits per heavy atom. The third kappa shape index (κ3) is 3.99. The number of para-hydroxylation sites is 1. The molecule has 118 valence electrons. The number of hydrogen-bond donors (Lipinski definition) is 1. The summed E-state index contributed by atoms with van der Waals surface area (Å²) >= 11 is 0. The van der Waals surface area contributed by atoms with E-state index in [1.165, 1.54) is 5.56 Å². The van der Waals surface area contributed by atoms with Gasteiger partial charge in [0.1, 0.15) is 0 Å². The first-order valence-electron chi connectivity index (χ1n) is 7.92. The molecule has 0 aromatic heterocycles. The molecule has 1 amide bonds. The number of benzene rings is 3. The average Bonchev–Trinajstić information content (AvgIpc) is 2.62. The zero-order valence-corrected chi connectivity index (χ0v) is 13.6. The number of carbonyl (C=O) groups is 1. The summed E-state index contributed by atoms with van der Waals surface area (Å²) in [5.74, 6) is -0.140. The summed E-state index contributed by atoms with van der Waals surface area (Å²) < 4.78 is 0. The summed E-state index contributed by atoms with van der Waals surface area (Å²) in [5, 5.41) is 2.96. The smallest absolute Gasteiger partial charge is 0.248 e. The Hall–Kier alpha value is -3.13. The zero-order valence-electron chi connectivity index (χ0n) is 13.6. The summed E-state index contributed by atoms with van der Waals surface area (Å²) in [4.78, 5) is 12.2. The summed E-state index contributed by atoms with van der Waals surface area (Å²) in [6.07, 6.45) is 3.38. The molecule has 3 rings (SSSR count). The van der Waals surface area contributed by atoms with E-state index in [2.05, 4.69) is 5.32 Å². The van der Waals surface area contributed by atoms with Crippen LogP contribution in [-0.2, 0) is 4.79 Å². The summed E-state index contributed by atoms with van der Waals surface area (Å²) in [6, 6.07) is 25.9. The SMILES string of the molecule is Cc1ccc(/C=C/C(=O)Nc2ccccc2-c2ccccc2)cc1. The molecule has 0 spiro atoms. The Labute approximate surface area is 142 Å². The van der Waals surface area contributed by atoms with Gasteiger partial charge in [-0.1, -0.05) is 78.4 Å². The molecule has 0 atom stereocenters. The number of aryl methyl sites for hydroxylation is 1. The molecule has 0 fully saturated rings. The Morgan fingerprint density at radius 3 is 2.25 bits per heavy atom. The lowest BCUT2D eigenvalue weighted by atomic mass is 10.0. The van der Waals surface area contributed by atoms with Crippen LogP contribution in [0.3, 0.4) is 0 Å². The van der Waals surface area contributed by atoms with E-state index in [1.54, 1.807) is 6.08 Å². The Kier molecular flexibility index (Phi) is 4.87. The molecule has 2 heteroatoms. The second-order valence-corrected chi connectivity index (χ2v) is 5.64. The molecule has 24 heavy (non-hydrogen) atoms.